The molecule has 1 aliphatic rings. The van der Waals surface area contributed by atoms with E-state index in [1.54, 1.807) is 18.2 Å². The number of benzene rings is 1. The molecule has 2 amide bonds. The molecule has 0 radical (unpaired) electrons. The maximum absolute atomic E-state index is 12.7. The average molecular weight is 366 g/mol. The third-order valence-electron chi connectivity index (χ3n) is 4.95. The van der Waals surface area contributed by atoms with E-state index >= 15 is 0 Å². The van der Waals surface area contributed by atoms with Crippen molar-refractivity contribution < 1.29 is 9.59 Å². The molecule has 6 heteroatoms. The van der Waals surface area contributed by atoms with E-state index in [1.165, 1.54) is 0 Å². The topological polar surface area (TPSA) is 65.5 Å². The van der Waals surface area contributed by atoms with Crippen molar-refractivity contribution >= 4 is 11.8 Å². The maximum atomic E-state index is 12.7. The van der Waals surface area contributed by atoms with Gasteiger partial charge in [-0.25, -0.2) is 4.98 Å². The molecule has 3 rings (SSSR count). The Hall–Kier alpha value is -2.73. The number of nitrogens with one attached hydrogen (secondary N) is 1. The minimum Gasteiger partial charge on any atom is -0.344 e. The second-order valence-corrected chi connectivity index (χ2v) is 6.74. The number of hydrogen-bond acceptors (Lipinski definition) is 4. The normalized spacial score (nSPS) is 16.0. The van der Waals surface area contributed by atoms with E-state index in [-0.39, 0.29) is 23.6 Å². The van der Waals surface area contributed by atoms with E-state index < -0.39 is 0 Å². The lowest BCUT2D eigenvalue weighted by molar-refractivity contribution is 0.0637. The minimum absolute atomic E-state index is 0.114. The summed E-state index contributed by atoms with van der Waals surface area (Å²) in [7, 11) is 0. The number of nitrogens with zero attached hydrogens (tertiary/aromatic N) is 3. The van der Waals surface area contributed by atoms with Crippen molar-refractivity contribution in [3.05, 3.63) is 65.5 Å². The summed E-state index contributed by atoms with van der Waals surface area (Å²) in [6, 6.07) is 14.6. The number of carbonyl (C=O) groups excluding carboxylic acids is 2. The predicted molar refractivity (Wildman–Crippen MR) is 105 cm³/mol. The van der Waals surface area contributed by atoms with Crippen LogP contribution in [-0.4, -0.2) is 59.3 Å². The molecule has 0 aliphatic carbocycles. The first-order valence-electron chi connectivity index (χ1n) is 9.43. The summed E-state index contributed by atoms with van der Waals surface area (Å²) in [4.78, 5) is 33.7. The Balaban J connectivity index is 1.66. The fraction of sp³-hybridized carbons (Fsp3) is 0.381. The van der Waals surface area contributed by atoms with Gasteiger partial charge in [-0.15, -0.1) is 0 Å². The molecule has 1 saturated heterocycles. The summed E-state index contributed by atoms with van der Waals surface area (Å²) >= 11 is 0. The molecule has 1 aliphatic heterocycles. The molecule has 1 aromatic carbocycles. The summed E-state index contributed by atoms with van der Waals surface area (Å²) in [5.74, 6) is -0.395. The van der Waals surface area contributed by atoms with Crippen LogP contribution >= 0.6 is 0 Å². The highest BCUT2D eigenvalue weighted by molar-refractivity contribution is 5.96. The Morgan fingerprint density at radius 2 is 1.67 bits per heavy atom. The van der Waals surface area contributed by atoms with Crippen LogP contribution in [0, 0.1) is 0 Å². The molecule has 1 N–H and O–H groups in total. The van der Waals surface area contributed by atoms with Gasteiger partial charge in [-0.1, -0.05) is 43.3 Å². The molecule has 1 unspecified atom stereocenters. The first-order valence-corrected chi connectivity index (χ1v) is 9.43. The van der Waals surface area contributed by atoms with Gasteiger partial charge in [0.05, 0.1) is 6.04 Å². The van der Waals surface area contributed by atoms with Crippen molar-refractivity contribution in [2.24, 2.45) is 0 Å². The Bertz CT molecular complexity index is 786. The zero-order valence-corrected chi connectivity index (χ0v) is 15.9. The number of hydrogen-bond donors (Lipinski definition) is 1. The second-order valence-electron chi connectivity index (χ2n) is 6.74. The summed E-state index contributed by atoms with van der Waals surface area (Å²) in [6.07, 6.45) is 0. The lowest BCUT2D eigenvalue weighted by Crippen LogP contribution is -2.48. The molecule has 2 heterocycles. The second kappa shape index (κ2) is 8.77. The monoisotopic (exact) mass is 366 g/mol. The Morgan fingerprint density at radius 3 is 2.33 bits per heavy atom. The van der Waals surface area contributed by atoms with Gasteiger partial charge in [-0.05, 0) is 31.2 Å². The van der Waals surface area contributed by atoms with Crippen LogP contribution in [0.15, 0.2) is 48.5 Å². The molecule has 0 bridgehead atoms. The summed E-state index contributed by atoms with van der Waals surface area (Å²) in [5.41, 5.74) is 1.60. The quantitative estimate of drug-likeness (QED) is 0.882. The molecule has 2 aromatic rings. The van der Waals surface area contributed by atoms with Crippen LogP contribution in [0.2, 0.25) is 0 Å². The zero-order chi connectivity index (χ0) is 19.2. The van der Waals surface area contributed by atoms with Gasteiger partial charge in [0.25, 0.3) is 11.8 Å². The fourth-order valence-electron chi connectivity index (χ4n) is 3.21. The van der Waals surface area contributed by atoms with Crippen molar-refractivity contribution in [3.8, 4) is 0 Å². The molecule has 1 fully saturated rings. The smallest absolute Gasteiger partial charge is 0.272 e. The third-order valence-corrected chi connectivity index (χ3v) is 4.95. The molecule has 142 valence electrons. The first kappa shape index (κ1) is 19.0. The van der Waals surface area contributed by atoms with Crippen molar-refractivity contribution in [1.82, 2.24) is 20.1 Å². The van der Waals surface area contributed by atoms with Gasteiger partial charge in [0, 0.05) is 26.2 Å². The largest absolute Gasteiger partial charge is 0.344 e. The molecular formula is C21H26N4O2. The molecule has 27 heavy (non-hydrogen) atoms. The summed E-state index contributed by atoms with van der Waals surface area (Å²) in [6.45, 7) is 8.17. The fourth-order valence-corrected chi connectivity index (χ4v) is 3.21. The highest BCUT2D eigenvalue weighted by Crippen LogP contribution is 2.13. The molecule has 1 atom stereocenters. The van der Waals surface area contributed by atoms with Gasteiger partial charge >= 0.3 is 0 Å². The maximum Gasteiger partial charge on any atom is 0.272 e. The van der Waals surface area contributed by atoms with Crippen molar-refractivity contribution in [1.29, 1.82) is 0 Å². The number of likely N-dealkylation sites (N-methyl/N-ethyl adjacent to an activating group) is 1. The lowest BCUT2D eigenvalue weighted by atomic mass is 10.1. The van der Waals surface area contributed by atoms with Crippen LogP contribution in [0.5, 0.6) is 0 Å². The molecular weight excluding hydrogens is 340 g/mol. The van der Waals surface area contributed by atoms with E-state index in [9.17, 15) is 9.59 Å². The molecule has 0 saturated carbocycles. The van der Waals surface area contributed by atoms with Gasteiger partial charge in [0.2, 0.25) is 0 Å². The SMILES string of the molecule is CCN1CCN(C(=O)c2cccc(C(=O)NC(C)c3ccccc3)n2)CC1. The number of rotatable bonds is 5. The van der Waals surface area contributed by atoms with Gasteiger partial charge in [-0.2, -0.15) is 0 Å². The van der Waals surface area contributed by atoms with Gasteiger partial charge in [-0.3, -0.25) is 9.59 Å². The zero-order valence-electron chi connectivity index (χ0n) is 15.9. The van der Waals surface area contributed by atoms with Crippen LogP contribution in [0.25, 0.3) is 0 Å². The van der Waals surface area contributed by atoms with Crippen LogP contribution in [-0.2, 0) is 0 Å². The Kier molecular flexibility index (Phi) is 6.19. The number of aromatic nitrogens is 1. The summed E-state index contributed by atoms with van der Waals surface area (Å²) in [5, 5.41) is 2.94. The number of carbonyl (C=O) groups is 2. The number of piperazine rings is 1. The van der Waals surface area contributed by atoms with E-state index in [0.29, 0.717) is 18.8 Å². The van der Waals surface area contributed by atoms with E-state index in [4.69, 9.17) is 0 Å². The van der Waals surface area contributed by atoms with Crippen LogP contribution in [0.1, 0.15) is 46.4 Å². The van der Waals surface area contributed by atoms with Crippen LogP contribution in [0.4, 0.5) is 0 Å². The van der Waals surface area contributed by atoms with Crippen LogP contribution < -0.4 is 5.32 Å². The van der Waals surface area contributed by atoms with Crippen LogP contribution in [0.3, 0.4) is 0 Å². The Morgan fingerprint density at radius 1 is 1.00 bits per heavy atom. The molecule has 1 aromatic heterocycles. The number of pyridine rings is 1. The van der Waals surface area contributed by atoms with Crippen molar-refractivity contribution in [2.45, 2.75) is 19.9 Å². The predicted octanol–water partition coefficient (Wildman–Crippen LogP) is 2.35. The van der Waals surface area contributed by atoms with Gasteiger partial charge in [0.1, 0.15) is 11.4 Å². The van der Waals surface area contributed by atoms with Gasteiger partial charge in [0.15, 0.2) is 0 Å². The first-order chi connectivity index (χ1) is 13.1. The number of amides is 2. The third kappa shape index (κ3) is 4.71. The minimum atomic E-state index is -0.281. The lowest BCUT2D eigenvalue weighted by Gasteiger charge is -2.33. The average Bonchev–Trinajstić information content (AvgIpc) is 2.74. The standard InChI is InChI=1S/C21H26N4O2/c1-3-24-12-14-25(15-13-24)21(27)19-11-7-10-18(23-19)20(26)22-16(2)17-8-5-4-6-9-17/h4-11,16H,3,12-15H2,1-2H3,(H,22,26). The van der Waals surface area contributed by atoms with Gasteiger partial charge < -0.3 is 15.1 Å². The van der Waals surface area contributed by atoms with Crippen molar-refractivity contribution in [2.75, 3.05) is 32.7 Å². The Labute approximate surface area is 160 Å². The van der Waals surface area contributed by atoms with E-state index in [0.717, 1.165) is 25.2 Å². The van der Waals surface area contributed by atoms with E-state index in [1.807, 2.05) is 42.2 Å². The highest BCUT2D eigenvalue weighted by Gasteiger charge is 2.23. The van der Waals surface area contributed by atoms with E-state index in [2.05, 4.69) is 22.1 Å². The van der Waals surface area contributed by atoms with Crippen molar-refractivity contribution in [3.63, 3.8) is 0 Å². The summed E-state index contributed by atoms with van der Waals surface area (Å²) < 4.78 is 0. The molecule has 0 spiro atoms. The highest BCUT2D eigenvalue weighted by atomic mass is 16.2. The molecule has 6 nitrogen and oxygen atoms in total.